The first-order valence-electron chi connectivity index (χ1n) is 15.7. The number of halogens is 1. The van der Waals surface area contributed by atoms with Gasteiger partial charge in [-0.05, 0) is 73.7 Å². The van der Waals surface area contributed by atoms with Crippen LogP contribution in [0.25, 0.3) is 22.4 Å². The third-order valence-electron chi connectivity index (χ3n) is 7.96. The minimum Gasteiger partial charge on any atom is -0.487 e. The molecule has 17 heteroatoms. The molecule has 4 heterocycles. The van der Waals surface area contributed by atoms with Crippen molar-refractivity contribution in [3.8, 4) is 17.0 Å². The molecule has 0 aliphatic heterocycles. The summed E-state index contributed by atoms with van der Waals surface area (Å²) in [7, 11) is -4.08. The van der Waals surface area contributed by atoms with Crippen LogP contribution in [0, 0.1) is 12.3 Å². The molecule has 0 bridgehead atoms. The number of benzene rings is 1. The largest absolute Gasteiger partial charge is 0.487 e. The van der Waals surface area contributed by atoms with Gasteiger partial charge in [0.05, 0.1) is 28.0 Å². The minimum atomic E-state index is -4.08. The normalized spacial score (nSPS) is 13.4. The molecule has 5 rings (SSSR count). The van der Waals surface area contributed by atoms with Crippen LogP contribution >= 0.6 is 22.9 Å². The summed E-state index contributed by atoms with van der Waals surface area (Å²) in [6, 6.07) is 11.2. The molecule has 2 amide bonds. The molecule has 0 aliphatic rings. The predicted octanol–water partition coefficient (Wildman–Crippen LogP) is 7.17. The molecule has 51 heavy (non-hydrogen) atoms. The van der Waals surface area contributed by atoms with Crippen molar-refractivity contribution in [1.29, 1.82) is 0 Å². The Morgan fingerprint density at radius 2 is 1.76 bits per heavy atom. The molecular formula is C34H38ClN7O7S2. The molecule has 14 nitrogen and oxygen atoms in total. The Balaban J connectivity index is 1.60. The van der Waals surface area contributed by atoms with Gasteiger partial charge in [0.25, 0.3) is 10.0 Å². The van der Waals surface area contributed by atoms with Gasteiger partial charge >= 0.3 is 12.2 Å². The maximum atomic E-state index is 13.4. The predicted molar refractivity (Wildman–Crippen MR) is 194 cm³/mol. The average Bonchev–Trinajstić information content (AvgIpc) is 3.66. The number of hydrogen-bond donors (Lipinski definition) is 3. The van der Waals surface area contributed by atoms with E-state index in [1.807, 2.05) is 37.6 Å². The molecule has 270 valence electrons. The Bertz CT molecular complexity index is 2180. The highest BCUT2D eigenvalue weighted by atomic mass is 35.5. The number of nitrogens with zero attached hydrogens (tertiary/aromatic N) is 5. The van der Waals surface area contributed by atoms with Crippen molar-refractivity contribution in [2.24, 2.45) is 5.41 Å². The maximum Gasteiger partial charge on any atom is 0.413 e. The number of rotatable bonds is 10. The second-order valence-corrected chi connectivity index (χ2v) is 16.7. The van der Waals surface area contributed by atoms with Gasteiger partial charge in [-0.1, -0.05) is 50.6 Å². The van der Waals surface area contributed by atoms with Crippen LogP contribution in [-0.2, 0) is 21.2 Å². The number of fused-ring (bicyclic) bond motifs is 1. The average molecular weight is 756 g/mol. The fourth-order valence-corrected chi connectivity index (χ4v) is 7.38. The zero-order valence-corrected chi connectivity index (χ0v) is 31.4. The summed E-state index contributed by atoms with van der Waals surface area (Å²) in [5.74, 6) is -0.0500. The van der Waals surface area contributed by atoms with Crippen LogP contribution in [0.3, 0.4) is 0 Å². The quantitative estimate of drug-likeness (QED) is 0.123. The molecule has 0 saturated carbocycles. The molecule has 0 fully saturated rings. The summed E-state index contributed by atoms with van der Waals surface area (Å²) in [6.07, 6.45) is -0.432. The van der Waals surface area contributed by atoms with E-state index in [1.54, 1.807) is 45.9 Å². The highest BCUT2D eigenvalue weighted by Crippen LogP contribution is 2.39. The van der Waals surface area contributed by atoms with Crippen molar-refractivity contribution in [2.75, 3.05) is 11.9 Å². The second kappa shape index (κ2) is 14.1. The van der Waals surface area contributed by atoms with Crippen LogP contribution in [-0.4, -0.2) is 67.6 Å². The molecule has 0 spiro atoms. The molecule has 3 N–H and O–H groups in total. The van der Waals surface area contributed by atoms with Crippen LogP contribution in [0.15, 0.2) is 64.3 Å². The summed E-state index contributed by atoms with van der Waals surface area (Å²) in [5, 5.41) is 23.2. The Morgan fingerprint density at radius 3 is 2.37 bits per heavy atom. The number of amides is 2. The number of aryl methyl sites for hydroxylation is 1. The van der Waals surface area contributed by atoms with E-state index >= 15 is 0 Å². The number of carbonyl (C=O) groups is 2. The van der Waals surface area contributed by atoms with Crippen LogP contribution in [0.2, 0.25) is 5.15 Å². The fraction of sp³-hybridized carbons (Fsp3) is 0.353. The van der Waals surface area contributed by atoms with Gasteiger partial charge in [-0.15, -0.1) is 4.09 Å². The zero-order valence-electron chi connectivity index (χ0n) is 29.0. The van der Waals surface area contributed by atoms with E-state index in [2.05, 4.69) is 30.7 Å². The Labute approximate surface area is 304 Å². The van der Waals surface area contributed by atoms with Gasteiger partial charge in [-0.3, -0.25) is 5.32 Å². The van der Waals surface area contributed by atoms with E-state index in [0.29, 0.717) is 12.1 Å². The summed E-state index contributed by atoms with van der Waals surface area (Å²) in [5.41, 5.74) is -0.795. The summed E-state index contributed by atoms with van der Waals surface area (Å²) in [4.78, 5) is 38.6. The first-order chi connectivity index (χ1) is 23.8. The lowest BCUT2D eigenvalue weighted by Crippen LogP contribution is -2.62. The SMILES string of the molecule is Cc1nn(S(=O)(=O)c2ccccc2)c2ncc(-c3cc(OC[C@@](Cc4ccsc4)(NC(=O)O)C(C)(C)C)c(NC(=O)OC(C)(C)C)nc3Cl)nc12. The topological polar surface area (TPSA) is 188 Å². The van der Waals surface area contributed by atoms with E-state index in [4.69, 9.17) is 21.1 Å². The molecule has 1 atom stereocenters. The lowest BCUT2D eigenvalue weighted by Gasteiger charge is -2.44. The third kappa shape index (κ3) is 8.24. The van der Waals surface area contributed by atoms with Crippen molar-refractivity contribution in [2.45, 2.75) is 70.9 Å². The van der Waals surface area contributed by atoms with Gasteiger partial charge in [0.1, 0.15) is 22.9 Å². The van der Waals surface area contributed by atoms with Gasteiger partial charge < -0.3 is 19.9 Å². The number of anilines is 1. The highest BCUT2D eigenvalue weighted by Gasteiger charge is 2.45. The molecule has 0 unspecified atom stereocenters. The van der Waals surface area contributed by atoms with Gasteiger partial charge in [-0.25, -0.2) is 24.5 Å². The van der Waals surface area contributed by atoms with Crippen molar-refractivity contribution in [1.82, 2.24) is 29.5 Å². The number of thiophene rings is 1. The van der Waals surface area contributed by atoms with Crippen LogP contribution < -0.4 is 15.4 Å². The van der Waals surface area contributed by atoms with Crippen molar-refractivity contribution in [3.63, 3.8) is 0 Å². The van der Waals surface area contributed by atoms with E-state index in [-0.39, 0.29) is 50.6 Å². The second-order valence-electron chi connectivity index (χ2n) is 13.8. The lowest BCUT2D eigenvalue weighted by atomic mass is 9.71. The van der Waals surface area contributed by atoms with E-state index in [9.17, 15) is 23.1 Å². The summed E-state index contributed by atoms with van der Waals surface area (Å²) < 4.78 is 39.5. The first-order valence-corrected chi connectivity index (χ1v) is 18.4. The van der Waals surface area contributed by atoms with Gasteiger partial charge in [0.2, 0.25) is 0 Å². The van der Waals surface area contributed by atoms with Crippen LogP contribution in [0.1, 0.15) is 52.8 Å². The van der Waals surface area contributed by atoms with Crippen LogP contribution in [0.5, 0.6) is 5.75 Å². The Kier molecular flexibility index (Phi) is 10.3. The van der Waals surface area contributed by atoms with Gasteiger partial charge in [-0.2, -0.15) is 24.9 Å². The Hall–Kier alpha value is -4.80. The third-order valence-corrected chi connectivity index (χ3v) is 10.6. The van der Waals surface area contributed by atoms with Crippen molar-refractivity contribution < 1.29 is 32.6 Å². The standard InChI is InChI=1S/C34H38ClN7O7S2/c1-20-26-29(42(41-20)51(46,47)22-11-9-8-10-12-22)36-17-24(37-26)23-15-25(28(38-27(23)35)39-31(45)49-33(5,6)7)48-19-34(32(2,3)4,40-30(43)44)16-21-13-14-50-18-21/h8-15,17-18,40H,16,19H2,1-7H3,(H,43,44)(H,38,39,45)/t34-/m1/s1. The Morgan fingerprint density at radius 1 is 1.06 bits per heavy atom. The maximum absolute atomic E-state index is 13.4. The van der Waals surface area contributed by atoms with Crippen molar-refractivity contribution >= 4 is 62.1 Å². The molecule has 0 radical (unpaired) electrons. The minimum absolute atomic E-state index is 0.00649. The number of hydrogen-bond acceptors (Lipinski definition) is 11. The first kappa shape index (κ1) is 37.5. The number of aromatic nitrogens is 5. The zero-order chi connectivity index (χ0) is 37.4. The molecule has 0 aliphatic carbocycles. The molecule has 1 aromatic carbocycles. The van der Waals surface area contributed by atoms with Crippen molar-refractivity contribution in [3.05, 3.63) is 75.8 Å². The molecular weight excluding hydrogens is 718 g/mol. The molecule has 4 aromatic heterocycles. The van der Waals surface area contributed by atoms with E-state index in [1.165, 1.54) is 35.7 Å². The smallest absolute Gasteiger partial charge is 0.413 e. The fourth-order valence-electron chi connectivity index (χ4n) is 5.19. The van der Waals surface area contributed by atoms with E-state index in [0.717, 1.165) is 9.65 Å². The molecule has 0 saturated heterocycles. The summed E-state index contributed by atoms with van der Waals surface area (Å²) >= 11 is 8.18. The number of pyridine rings is 1. The van der Waals surface area contributed by atoms with Gasteiger partial charge in [0.15, 0.2) is 17.2 Å². The summed E-state index contributed by atoms with van der Waals surface area (Å²) in [6.45, 7) is 12.2. The number of nitrogens with one attached hydrogen (secondary N) is 2. The lowest BCUT2D eigenvalue weighted by molar-refractivity contribution is 0.0629. The van der Waals surface area contributed by atoms with Crippen LogP contribution in [0.4, 0.5) is 15.4 Å². The highest BCUT2D eigenvalue weighted by molar-refractivity contribution is 7.90. The number of ether oxygens (including phenoxy) is 2. The number of carboxylic acid groups (broad SMARTS) is 1. The number of carbonyl (C=O) groups excluding carboxylic acids is 1. The van der Waals surface area contributed by atoms with E-state index < -0.39 is 38.8 Å². The monoisotopic (exact) mass is 755 g/mol. The molecule has 5 aromatic rings. The van der Waals surface area contributed by atoms with Gasteiger partial charge in [0, 0.05) is 12.0 Å².